The second kappa shape index (κ2) is 11.5. The van der Waals surface area contributed by atoms with Gasteiger partial charge in [0, 0.05) is 40.7 Å². The number of hydrogen-bond acceptors (Lipinski definition) is 7. The van der Waals surface area contributed by atoms with Crippen molar-refractivity contribution < 1.29 is 23.4 Å². The van der Waals surface area contributed by atoms with E-state index in [-0.39, 0.29) is 0 Å². The Balaban J connectivity index is 1.54. The summed E-state index contributed by atoms with van der Waals surface area (Å²) in [5.74, 6) is 1.82. The average Bonchev–Trinajstić information content (AvgIpc) is 2.84. The molecule has 0 saturated heterocycles. The summed E-state index contributed by atoms with van der Waals surface area (Å²) in [5, 5.41) is 8.48. The second-order valence-electron chi connectivity index (χ2n) is 10.2. The topological polar surface area (TPSA) is 98.8 Å². The van der Waals surface area contributed by atoms with Crippen molar-refractivity contribution in [1.29, 1.82) is 0 Å². The van der Waals surface area contributed by atoms with Crippen molar-refractivity contribution in [3.05, 3.63) is 78.5 Å². The van der Waals surface area contributed by atoms with Crippen LogP contribution >= 0.6 is 7.37 Å². The van der Waals surface area contributed by atoms with Gasteiger partial charge in [0.25, 0.3) is 0 Å². The Labute approximate surface area is 229 Å². The van der Waals surface area contributed by atoms with Crippen molar-refractivity contribution in [2.45, 2.75) is 40.2 Å². The number of anilines is 3. The molecule has 0 spiro atoms. The SMILES string of the molecule is CCOP(C)(=O)c1ccc(Nc2cc(Oc3ccc(NC(=O)OC(C)(C)C)c4ccccc34)ccn2)cc1C. The molecule has 0 fully saturated rings. The summed E-state index contributed by atoms with van der Waals surface area (Å²) in [4.78, 5) is 16.8. The number of aryl methyl sites for hydroxylation is 1. The van der Waals surface area contributed by atoms with Gasteiger partial charge in [-0.2, -0.15) is 0 Å². The lowest BCUT2D eigenvalue weighted by atomic mass is 10.1. The zero-order valence-electron chi connectivity index (χ0n) is 23.1. The molecule has 1 atom stereocenters. The number of carbonyl (C=O) groups excluding carboxylic acids is 1. The summed E-state index contributed by atoms with van der Waals surface area (Å²) in [7, 11) is -2.87. The number of nitrogens with zero attached hydrogens (tertiary/aromatic N) is 1. The second-order valence-corrected chi connectivity index (χ2v) is 12.6. The molecule has 0 saturated carbocycles. The first-order valence-corrected chi connectivity index (χ1v) is 14.8. The fraction of sp³-hybridized carbons (Fsp3) is 0.267. The molecule has 9 heteroatoms. The average molecular weight is 548 g/mol. The van der Waals surface area contributed by atoms with Crippen LogP contribution in [0.2, 0.25) is 0 Å². The molecule has 0 aliphatic rings. The molecule has 1 heterocycles. The van der Waals surface area contributed by atoms with E-state index in [1.807, 2.05) is 83.1 Å². The molecule has 4 rings (SSSR count). The van der Waals surface area contributed by atoms with E-state index in [4.69, 9.17) is 14.0 Å². The fourth-order valence-corrected chi connectivity index (χ4v) is 5.89. The number of pyridine rings is 1. The van der Waals surface area contributed by atoms with Gasteiger partial charge in [0.05, 0.1) is 12.3 Å². The third-order valence-electron chi connectivity index (χ3n) is 5.76. The first-order chi connectivity index (χ1) is 18.4. The molecule has 1 unspecified atom stereocenters. The standard InChI is InChI=1S/C30H34N3O5P/c1-7-36-39(6,35)27-15-12-21(18-20(27)2)32-28-19-22(16-17-31-28)37-26-14-13-25(23-10-8-9-11-24(23)26)33-29(34)38-30(3,4)5/h8-19H,7H2,1-6H3,(H,31,32)(H,33,34). The Hall–Kier alpha value is -3.87. The summed E-state index contributed by atoms with van der Waals surface area (Å²) in [5.41, 5.74) is 1.71. The number of aromatic nitrogens is 1. The molecule has 8 nitrogen and oxygen atoms in total. The summed E-state index contributed by atoms with van der Waals surface area (Å²) in [6.45, 7) is 11.2. The summed E-state index contributed by atoms with van der Waals surface area (Å²) in [6.07, 6.45) is 1.14. The minimum absolute atomic E-state index is 0.391. The molecule has 204 valence electrons. The Morgan fingerprint density at radius 2 is 1.74 bits per heavy atom. The fourth-order valence-electron chi connectivity index (χ4n) is 4.21. The maximum Gasteiger partial charge on any atom is 0.412 e. The van der Waals surface area contributed by atoms with Crippen molar-refractivity contribution in [3.8, 4) is 11.5 Å². The van der Waals surface area contributed by atoms with E-state index in [0.29, 0.717) is 34.9 Å². The molecule has 2 N–H and O–H groups in total. The lowest BCUT2D eigenvalue weighted by Crippen LogP contribution is -2.27. The van der Waals surface area contributed by atoms with Crippen LogP contribution in [0.25, 0.3) is 10.8 Å². The lowest BCUT2D eigenvalue weighted by molar-refractivity contribution is 0.0636. The van der Waals surface area contributed by atoms with Gasteiger partial charge >= 0.3 is 6.09 Å². The number of nitrogens with one attached hydrogen (secondary N) is 2. The number of carbonyl (C=O) groups is 1. The van der Waals surface area contributed by atoms with E-state index >= 15 is 0 Å². The smallest absolute Gasteiger partial charge is 0.412 e. The Kier molecular flexibility index (Phi) is 8.28. The number of benzene rings is 3. The maximum atomic E-state index is 12.8. The van der Waals surface area contributed by atoms with Crippen LogP contribution in [0, 0.1) is 6.92 Å². The highest BCUT2D eigenvalue weighted by molar-refractivity contribution is 7.66. The van der Waals surface area contributed by atoms with Crippen molar-refractivity contribution in [2.24, 2.45) is 0 Å². The third kappa shape index (κ3) is 7.16. The highest BCUT2D eigenvalue weighted by Crippen LogP contribution is 2.42. The maximum absolute atomic E-state index is 12.8. The summed E-state index contributed by atoms with van der Waals surface area (Å²) >= 11 is 0. The number of fused-ring (bicyclic) bond motifs is 1. The van der Waals surface area contributed by atoms with Gasteiger partial charge in [0.2, 0.25) is 7.37 Å². The van der Waals surface area contributed by atoms with Crippen LogP contribution in [-0.4, -0.2) is 29.9 Å². The first-order valence-electron chi connectivity index (χ1n) is 12.7. The minimum atomic E-state index is -2.87. The largest absolute Gasteiger partial charge is 0.457 e. The predicted octanol–water partition coefficient (Wildman–Crippen LogP) is 8.00. The zero-order chi connectivity index (χ0) is 28.2. The van der Waals surface area contributed by atoms with Gasteiger partial charge in [-0.25, -0.2) is 9.78 Å². The zero-order valence-corrected chi connectivity index (χ0v) is 24.0. The molecule has 0 bridgehead atoms. The van der Waals surface area contributed by atoms with Gasteiger partial charge in [-0.1, -0.05) is 24.3 Å². The Morgan fingerprint density at radius 3 is 2.44 bits per heavy atom. The predicted molar refractivity (Wildman–Crippen MR) is 157 cm³/mol. The molecule has 0 aliphatic carbocycles. The van der Waals surface area contributed by atoms with Crippen LogP contribution in [0.5, 0.6) is 11.5 Å². The van der Waals surface area contributed by atoms with Crippen LogP contribution in [-0.2, 0) is 13.8 Å². The lowest BCUT2D eigenvalue weighted by Gasteiger charge is -2.20. The van der Waals surface area contributed by atoms with Crippen LogP contribution in [0.4, 0.5) is 22.0 Å². The molecule has 0 radical (unpaired) electrons. The van der Waals surface area contributed by atoms with Crippen LogP contribution in [0.1, 0.15) is 33.3 Å². The Bertz CT molecular complexity index is 1550. The van der Waals surface area contributed by atoms with Gasteiger partial charge in [0.1, 0.15) is 22.9 Å². The van der Waals surface area contributed by atoms with Gasteiger partial charge in [-0.3, -0.25) is 9.88 Å². The molecule has 3 aromatic carbocycles. The van der Waals surface area contributed by atoms with Crippen molar-refractivity contribution in [3.63, 3.8) is 0 Å². The van der Waals surface area contributed by atoms with E-state index in [9.17, 15) is 9.36 Å². The van der Waals surface area contributed by atoms with Crippen LogP contribution in [0.3, 0.4) is 0 Å². The van der Waals surface area contributed by atoms with Gasteiger partial charge < -0.3 is 19.3 Å². The van der Waals surface area contributed by atoms with Crippen molar-refractivity contribution >= 4 is 46.7 Å². The summed E-state index contributed by atoms with van der Waals surface area (Å²) in [6, 6.07) is 20.5. The van der Waals surface area contributed by atoms with E-state index in [1.165, 1.54) is 0 Å². The molecule has 1 aromatic heterocycles. The molecular weight excluding hydrogens is 513 g/mol. The number of ether oxygens (including phenoxy) is 2. The molecule has 39 heavy (non-hydrogen) atoms. The van der Waals surface area contributed by atoms with Crippen molar-refractivity contribution in [2.75, 3.05) is 23.9 Å². The monoisotopic (exact) mass is 547 g/mol. The third-order valence-corrected chi connectivity index (χ3v) is 7.89. The highest BCUT2D eigenvalue weighted by atomic mass is 31.2. The van der Waals surface area contributed by atoms with Gasteiger partial charge in [0.15, 0.2) is 0 Å². The van der Waals surface area contributed by atoms with Gasteiger partial charge in [-0.15, -0.1) is 0 Å². The number of hydrogen-bond donors (Lipinski definition) is 2. The van der Waals surface area contributed by atoms with E-state index in [2.05, 4.69) is 15.6 Å². The van der Waals surface area contributed by atoms with Gasteiger partial charge in [-0.05, 0) is 76.6 Å². The van der Waals surface area contributed by atoms with E-state index in [0.717, 1.165) is 22.0 Å². The first kappa shape index (κ1) is 28.1. The van der Waals surface area contributed by atoms with E-state index < -0.39 is 19.1 Å². The molecule has 1 amide bonds. The van der Waals surface area contributed by atoms with Crippen molar-refractivity contribution in [1.82, 2.24) is 4.98 Å². The normalized spacial score (nSPS) is 13.0. The Morgan fingerprint density at radius 1 is 1.00 bits per heavy atom. The molecule has 4 aromatic rings. The van der Waals surface area contributed by atoms with Crippen LogP contribution in [0.15, 0.2) is 72.9 Å². The van der Waals surface area contributed by atoms with E-state index in [1.54, 1.807) is 31.1 Å². The quantitative estimate of drug-likeness (QED) is 0.216. The number of amides is 1. The molecular formula is C30H34N3O5P. The highest BCUT2D eigenvalue weighted by Gasteiger charge is 2.21. The minimum Gasteiger partial charge on any atom is -0.457 e. The van der Waals surface area contributed by atoms with Crippen LogP contribution < -0.4 is 20.7 Å². The molecule has 0 aliphatic heterocycles. The summed E-state index contributed by atoms with van der Waals surface area (Å²) < 4.78 is 30.0. The number of rotatable bonds is 8.